The summed E-state index contributed by atoms with van der Waals surface area (Å²) in [5, 5.41) is 11.4. The Balaban J connectivity index is 2.51. The topological polar surface area (TPSA) is 68.9 Å². The third kappa shape index (κ3) is 4.82. The van der Waals surface area contributed by atoms with Gasteiger partial charge in [0.15, 0.2) is 5.76 Å². The summed E-state index contributed by atoms with van der Waals surface area (Å²) in [7, 11) is 2.78. The average Bonchev–Trinajstić information content (AvgIpc) is 2.78. The van der Waals surface area contributed by atoms with Gasteiger partial charge in [0.05, 0.1) is 19.2 Å². The number of hydrogen-bond acceptors (Lipinski definition) is 5. The Morgan fingerprint density at radius 1 is 1.03 bits per heavy atom. The van der Waals surface area contributed by atoms with E-state index in [-0.39, 0.29) is 44.6 Å². The molecule has 0 radical (unpaired) electrons. The molecule has 0 saturated heterocycles. The monoisotopic (exact) mass is 486 g/mol. The van der Waals surface area contributed by atoms with Crippen molar-refractivity contribution >= 4 is 22.6 Å². The van der Waals surface area contributed by atoms with Crippen LogP contribution in [0.5, 0.6) is 17.2 Å². The first-order chi connectivity index (χ1) is 16.1. The van der Waals surface area contributed by atoms with Gasteiger partial charge in [-0.3, -0.25) is 4.79 Å². The summed E-state index contributed by atoms with van der Waals surface area (Å²) in [6.07, 6.45) is 4.55. The number of rotatable bonds is 7. The largest absolute Gasteiger partial charge is 0.507 e. The molecule has 2 aromatic carbocycles. The predicted molar refractivity (Wildman–Crippen MR) is 134 cm³/mol. The maximum Gasteiger partial charge on any atom is 0.239 e. The van der Waals surface area contributed by atoms with Crippen molar-refractivity contribution in [3.8, 4) is 28.6 Å². The molecule has 0 aliphatic heterocycles. The van der Waals surface area contributed by atoms with E-state index >= 15 is 0 Å². The normalized spacial score (nSPS) is 10.8. The highest BCUT2D eigenvalue weighted by Crippen LogP contribution is 2.43. The molecule has 1 aromatic heterocycles. The van der Waals surface area contributed by atoms with Gasteiger partial charge in [-0.1, -0.05) is 34.9 Å². The SMILES string of the molecule is COc1c(-c2ccc(Cl)c(F)c2)oc2c(CC=C(C)C)c(O)c(CC=C(C)C)c(OC)c2c1=O. The van der Waals surface area contributed by atoms with E-state index in [1.807, 2.05) is 39.8 Å². The van der Waals surface area contributed by atoms with E-state index < -0.39 is 11.2 Å². The summed E-state index contributed by atoms with van der Waals surface area (Å²) in [5.41, 5.74) is 2.95. The van der Waals surface area contributed by atoms with Gasteiger partial charge in [-0.15, -0.1) is 0 Å². The highest BCUT2D eigenvalue weighted by Gasteiger charge is 2.27. The van der Waals surface area contributed by atoms with E-state index in [0.717, 1.165) is 11.1 Å². The van der Waals surface area contributed by atoms with Crippen molar-refractivity contribution in [2.75, 3.05) is 14.2 Å². The minimum atomic E-state index is -0.661. The molecule has 0 fully saturated rings. The van der Waals surface area contributed by atoms with E-state index in [0.29, 0.717) is 24.0 Å². The summed E-state index contributed by atoms with van der Waals surface area (Å²) in [6, 6.07) is 4.08. The standard InChI is InChI=1S/C27H28ClFO5/c1-14(2)7-10-17-22(30)18(11-8-15(3)4)26-21(25(17)32-5)23(31)27(33-6)24(34-26)16-9-12-19(28)20(29)13-16/h7-9,12-13,30H,10-11H2,1-6H3. The second-order valence-electron chi connectivity index (χ2n) is 8.44. The smallest absolute Gasteiger partial charge is 0.239 e. The number of benzene rings is 2. The zero-order valence-corrected chi connectivity index (χ0v) is 20.9. The Bertz CT molecular complexity index is 1360. The van der Waals surface area contributed by atoms with Crippen LogP contribution in [-0.4, -0.2) is 19.3 Å². The van der Waals surface area contributed by atoms with Gasteiger partial charge in [0, 0.05) is 16.7 Å². The lowest BCUT2D eigenvalue weighted by atomic mass is 9.96. The fourth-order valence-electron chi connectivity index (χ4n) is 3.72. The summed E-state index contributed by atoms with van der Waals surface area (Å²) in [5.74, 6) is -0.522. The molecule has 34 heavy (non-hydrogen) atoms. The molecule has 3 aromatic rings. The Hall–Kier alpha value is -3.25. The predicted octanol–water partition coefficient (Wildman–Crippen LogP) is 6.99. The average molecular weight is 487 g/mol. The fourth-order valence-corrected chi connectivity index (χ4v) is 3.83. The van der Waals surface area contributed by atoms with Crippen molar-refractivity contribution < 1.29 is 23.4 Å². The highest BCUT2D eigenvalue weighted by molar-refractivity contribution is 6.30. The second-order valence-corrected chi connectivity index (χ2v) is 8.84. The van der Waals surface area contributed by atoms with Crippen molar-refractivity contribution in [2.45, 2.75) is 40.5 Å². The lowest BCUT2D eigenvalue weighted by Crippen LogP contribution is -2.11. The third-order valence-electron chi connectivity index (χ3n) is 5.44. The highest BCUT2D eigenvalue weighted by atomic mass is 35.5. The number of allylic oxidation sites excluding steroid dienone is 4. The number of phenolic OH excluding ortho intramolecular Hbond substituents is 1. The molecule has 0 bridgehead atoms. The second kappa shape index (κ2) is 10.3. The van der Waals surface area contributed by atoms with Crippen LogP contribution in [0.4, 0.5) is 4.39 Å². The molecule has 180 valence electrons. The minimum absolute atomic E-state index is 0.0131. The number of fused-ring (bicyclic) bond motifs is 1. The van der Waals surface area contributed by atoms with Gasteiger partial charge < -0.3 is 19.0 Å². The first kappa shape index (κ1) is 25.4. The van der Waals surface area contributed by atoms with Gasteiger partial charge >= 0.3 is 0 Å². The van der Waals surface area contributed by atoms with Gasteiger partial charge in [0.1, 0.15) is 28.3 Å². The van der Waals surface area contributed by atoms with Crippen molar-refractivity contribution in [2.24, 2.45) is 0 Å². The molecule has 7 heteroatoms. The zero-order chi connectivity index (χ0) is 25.2. The number of methoxy groups -OCH3 is 2. The van der Waals surface area contributed by atoms with E-state index in [2.05, 4.69) is 0 Å². The molecule has 0 saturated carbocycles. The molecule has 0 unspecified atom stereocenters. The maximum absolute atomic E-state index is 14.2. The van der Waals surface area contributed by atoms with Gasteiger partial charge in [0.2, 0.25) is 11.2 Å². The van der Waals surface area contributed by atoms with Crippen LogP contribution in [0.2, 0.25) is 5.02 Å². The van der Waals surface area contributed by atoms with E-state index in [1.54, 1.807) is 0 Å². The van der Waals surface area contributed by atoms with Gasteiger partial charge in [-0.2, -0.15) is 0 Å². The van der Waals surface area contributed by atoms with Crippen LogP contribution in [0.3, 0.4) is 0 Å². The van der Waals surface area contributed by atoms with Gasteiger partial charge in [-0.05, 0) is 58.7 Å². The quantitative estimate of drug-likeness (QED) is 0.364. The molecule has 1 heterocycles. The number of ether oxygens (including phenoxy) is 2. The Morgan fingerprint density at radius 2 is 1.62 bits per heavy atom. The molecule has 5 nitrogen and oxygen atoms in total. The Labute approximate surface area is 203 Å². The summed E-state index contributed by atoms with van der Waals surface area (Å²) in [4.78, 5) is 13.7. The van der Waals surface area contributed by atoms with E-state index in [4.69, 9.17) is 25.5 Å². The van der Waals surface area contributed by atoms with Crippen molar-refractivity contribution in [3.63, 3.8) is 0 Å². The molecule has 0 aliphatic carbocycles. The van der Waals surface area contributed by atoms with Crippen LogP contribution < -0.4 is 14.9 Å². The number of hydrogen-bond donors (Lipinski definition) is 1. The lowest BCUT2D eigenvalue weighted by Gasteiger charge is -2.18. The molecular weight excluding hydrogens is 459 g/mol. The molecular formula is C27H28ClFO5. The van der Waals surface area contributed by atoms with Crippen LogP contribution in [0.15, 0.2) is 50.7 Å². The molecule has 0 amide bonds. The molecule has 1 N–H and O–H groups in total. The number of halogens is 2. The zero-order valence-electron chi connectivity index (χ0n) is 20.1. The molecule has 0 spiro atoms. The fraction of sp³-hybridized carbons (Fsp3) is 0.296. The first-order valence-electron chi connectivity index (χ1n) is 10.8. The van der Waals surface area contributed by atoms with Crippen LogP contribution >= 0.6 is 11.6 Å². The van der Waals surface area contributed by atoms with E-state index in [9.17, 15) is 14.3 Å². The Kier molecular flexibility index (Phi) is 7.72. The van der Waals surface area contributed by atoms with Gasteiger partial charge in [0.25, 0.3) is 0 Å². The van der Waals surface area contributed by atoms with Crippen LogP contribution in [0.25, 0.3) is 22.3 Å². The third-order valence-corrected chi connectivity index (χ3v) is 5.74. The molecule has 3 rings (SSSR count). The van der Waals surface area contributed by atoms with Crippen LogP contribution in [0.1, 0.15) is 38.8 Å². The van der Waals surface area contributed by atoms with Crippen molar-refractivity contribution in [3.05, 3.63) is 73.7 Å². The Morgan fingerprint density at radius 3 is 2.15 bits per heavy atom. The lowest BCUT2D eigenvalue weighted by molar-refractivity contribution is 0.391. The van der Waals surface area contributed by atoms with Crippen LogP contribution in [-0.2, 0) is 12.8 Å². The molecule has 0 atom stereocenters. The van der Waals surface area contributed by atoms with Crippen molar-refractivity contribution in [1.29, 1.82) is 0 Å². The number of aromatic hydroxyl groups is 1. The van der Waals surface area contributed by atoms with Gasteiger partial charge in [-0.25, -0.2) is 4.39 Å². The first-order valence-corrected chi connectivity index (χ1v) is 11.2. The molecule has 0 aliphatic rings. The van der Waals surface area contributed by atoms with E-state index in [1.165, 1.54) is 32.4 Å². The van der Waals surface area contributed by atoms with Crippen LogP contribution in [0, 0.1) is 5.82 Å². The maximum atomic E-state index is 14.2. The minimum Gasteiger partial charge on any atom is -0.507 e. The van der Waals surface area contributed by atoms with Crippen molar-refractivity contribution in [1.82, 2.24) is 0 Å². The summed E-state index contributed by atoms with van der Waals surface area (Å²) < 4.78 is 31.4. The summed E-state index contributed by atoms with van der Waals surface area (Å²) in [6.45, 7) is 7.77. The summed E-state index contributed by atoms with van der Waals surface area (Å²) >= 11 is 5.83. The number of phenols is 1.